The van der Waals surface area contributed by atoms with Gasteiger partial charge in [0.1, 0.15) is 0 Å². The van der Waals surface area contributed by atoms with E-state index in [1.807, 2.05) is 18.2 Å². The van der Waals surface area contributed by atoms with Crippen molar-refractivity contribution in [2.75, 3.05) is 19.7 Å². The van der Waals surface area contributed by atoms with Crippen LogP contribution in [0.1, 0.15) is 25.8 Å². The Kier molecular flexibility index (Phi) is 8.97. The summed E-state index contributed by atoms with van der Waals surface area (Å²) in [4.78, 5) is 2.06. The first-order valence-corrected chi connectivity index (χ1v) is 6.73. The fourth-order valence-corrected chi connectivity index (χ4v) is 2.61. The predicted octanol–water partition coefficient (Wildman–Crippen LogP) is 2.58. The number of hydrogen-bond donors (Lipinski definition) is 1. The molecule has 0 aromatic heterocycles. The van der Waals surface area contributed by atoms with Gasteiger partial charge in [-0.3, -0.25) is 7.05 Å². The molecule has 1 N–H and O–H groups in total. The van der Waals surface area contributed by atoms with E-state index < -0.39 is 0 Å². The molecule has 2 unspecified atom stereocenters. The summed E-state index contributed by atoms with van der Waals surface area (Å²) in [6.45, 7) is 5.86. The van der Waals surface area contributed by atoms with Crippen molar-refractivity contribution in [1.82, 2.24) is 4.90 Å². The monoisotopic (exact) mass is 443 g/mol. The van der Waals surface area contributed by atoms with Gasteiger partial charge in [-0.2, -0.15) is 5.26 Å². The van der Waals surface area contributed by atoms with Gasteiger partial charge in [-0.1, -0.05) is 37.3 Å². The van der Waals surface area contributed by atoms with E-state index >= 15 is 0 Å². The molecule has 1 heterocycles. The van der Waals surface area contributed by atoms with Crippen LogP contribution in [0.15, 0.2) is 30.3 Å². The molecule has 3 nitrogen and oxygen atoms in total. The van der Waals surface area contributed by atoms with Gasteiger partial charge in [0.2, 0.25) is 0 Å². The molecule has 1 aliphatic heterocycles. The number of rotatable bonds is 1. The third kappa shape index (κ3) is 4.42. The van der Waals surface area contributed by atoms with Crippen LogP contribution >= 0.6 is 0 Å². The number of nitriles is 1. The Morgan fingerprint density at radius 2 is 2.00 bits per heavy atom. The van der Waals surface area contributed by atoms with Crippen molar-refractivity contribution in [1.29, 1.82) is 5.26 Å². The molecule has 1 aromatic rings. The zero-order valence-corrected chi connectivity index (χ0v) is 15.2. The van der Waals surface area contributed by atoms with E-state index in [1.165, 1.54) is 0 Å². The van der Waals surface area contributed by atoms with Crippen molar-refractivity contribution in [3.05, 3.63) is 42.9 Å². The van der Waals surface area contributed by atoms with Gasteiger partial charge in [0.15, 0.2) is 0 Å². The number of piperidine rings is 1. The molecule has 0 spiro atoms. The second-order valence-corrected chi connectivity index (χ2v) is 4.99. The van der Waals surface area contributed by atoms with Crippen molar-refractivity contribution in [3.63, 3.8) is 0 Å². The van der Waals surface area contributed by atoms with E-state index in [2.05, 4.69) is 37.1 Å². The molecule has 0 saturated carbocycles. The molecule has 20 heavy (non-hydrogen) atoms. The summed E-state index contributed by atoms with van der Waals surface area (Å²) in [5.74, 6) is 0.325. The summed E-state index contributed by atoms with van der Waals surface area (Å²) in [5.41, 5.74) is 0.827. The van der Waals surface area contributed by atoms with Crippen molar-refractivity contribution < 1.29 is 26.2 Å². The van der Waals surface area contributed by atoms with Crippen LogP contribution in [0.4, 0.5) is 0 Å². The van der Waals surface area contributed by atoms with Crippen LogP contribution in [-0.4, -0.2) is 29.7 Å². The van der Waals surface area contributed by atoms with Crippen molar-refractivity contribution in [3.8, 4) is 6.07 Å². The first-order valence-electron chi connectivity index (χ1n) is 6.73. The van der Waals surface area contributed by atoms with Gasteiger partial charge in [-0.15, -0.1) is 0 Å². The van der Waals surface area contributed by atoms with E-state index in [1.54, 1.807) is 6.92 Å². The van der Waals surface area contributed by atoms with Crippen LogP contribution in [-0.2, 0) is 26.5 Å². The Hall–Kier alpha value is -0.682. The standard InChI is InChI=1S/C14H17N2.C2H6O.W/c1-12-10-16(2)9-8-14(12,11-15)13-6-4-3-5-7-13;1-2-3;/h3-7,12H,2,8-10H2,1H3;3H,2H2,1H3;/q-1;;. The smallest absolute Gasteiger partial charge is 0.0870 e. The zero-order valence-electron chi connectivity index (χ0n) is 12.2. The Morgan fingerprint density at radius 1 is 1.45 bits per heavy atom. The largest absolute Gasteiger partial charge is 0.459 e. The molecule has 1 aromatic carbocycles. The minimum atomic E-state index is -0.324. The summed E-state index contributed by atoms with van der Waals surface area (Å²) < 4.78 is 0. The van der Waals surface area contributed by atoms with Crippen molar-refractivity contribution >= 4 is 0 Å². The van der Waals surface area contributed by atoms with Crippen LogP contribution in [0.5, 0.6) is 0 Å². The Balaban J connectivity index is 0.000000830. The molecular weight excluding hydrogens is 420 g/mol. The molecule has 1 aliphatic rings. The molecular formula is C16H23N2OW-. The molecule has 2 rings (SSSR count). The van der Waals surface area contributed by atoms with Crippen LogP contribution in [0, 0.1) is 24.3 Å². The third-order valence-corrected chi connectivity index (χ3v) is 3.68. The van der Waals surface area contributed by atoms with E-state index in [-0.39, 0.29) is 33.1 Å². The topological polar surface area (TPSA) is 47.3 Å². The normalized spacial score (nSPS) is 25.6. The molecule has 0 amide bonds. The summed E-state index contributed by atoms with van der Waals surface area (Å²) in [7, 11) is 3.97. The number of benzene rings is 1. The van der Waals surface area contributed by atoms with Crippen LogP contribution < -0.4 is 0 Å². The number of aliphatic hydroxyl groups excluding tert-OH is 1. The van der Waals surface area contributed by atoms with Gasteiger partial charge in [0.25, 0.3) is 0 Å². The molecule has 1 fully saturated rings. The Labute approximate surface area is 136 Å². The van der Waals surface area contributed by atoms with E-state index in [4.69, 9.17) is 5.11 Å². The second kappa shape index (κ2) is 9.29. The van der Waals surface area contributed by atoms with Crippen LogP contribution in [0.2, 0.25) is 0 Å². The van der Waals surface area contributed by atoms with E-state index in [9.17, 15) is 5.26 Å². The second-order valence-electron chi connectivity index (χ2n) is 4.99. The quantitative estimate of drug-likeness (QED) is 0.680. The molecule has 0 radical (unpaired) electrons. The van der Waals surface area contributed by atoms with Crippen molar-refractivity contribution in [2.24, 2.45) is 5.92 Å². The van der Waals surface area contributed by atoms with Crippen LogP contribution in [0.25, 0.3) is 0 Å². The summed E-state index contributed by atoms with van der Waals surface area (Å²) in [6, 6.07) is 12.7. The molecule has 0 bridgehead atoms. The average Bonchev–Trinajstić information content (AvgIpc) is 2.41. The van der Waals surface area contributed by atoms with Crippen molar-refractivity contribution in [2.45, 2.75) is 25.7 Å². The summed E-state index contributed by atoms with van der Waals surface area (Å²) in [6.07, 6.45) is 0.873. The third-order valence-electron chi connectivity index (χ3n) is 3.68. The summed E-state index contributed by atoms with van der Waals surface area (Å²) in [5, 5.41) is 17.1. The molecule has 1 saturated heterocycles. The van der Waals surface area contributed by atoms with Gasteiger partial charge < -0.3 is 10.0 Å². The van der Waals surface area contributed by atoms with Gasteiger partial charge in [-0.25, -0.2) is 0 Å². The van der Waals surface area contributed by atoms with Gasteiger partial charge in [0.05, 0.1) is 11.5 Å². The van der Waals surface area contributed by atoms with E-state index in [0.29, 0.717) is 5.92 Å². The minimum Gasteiger partial charge on any atom is -0.459 e. The van der Waals surface area contributed by atoms with Gasteiger partial charge in [0, 0.05) is 27.7 Å². The molecule has 2 atom stereocenters. The minimum absolute atomic E-state index is 0. The first-order chi connectivity index (χ1) is 9.10. The maximum absolute atomic E-state index is 9.56. The zero-order chi connectivity index (χ0) is 14.3. The fraction of sp³-hybridized carbons (Fsp3) is 0.500. The van der Waals surface area contributed by atoms with E-state index in [0.717, 1.165) is 25.1 Å². The maximum atomic E-state index is 9.56. The fourth-order valence-electron chi connectivity index (χ4n) is 2.61. The number of nitrogens with zero attached hydrogens (tertiary/aromatic N) is 2. The number of aliphatic hydroxyl groups is 1. The number of likely N-dealkylation sites (tertiary alicyclic amines) is 1. The SMILES string of the molecule is CCO.[CH2-]N1CCC(C#N)(c2ccccc2)C(C)C1.[W]. The average molecular weight is 443 g/mol. The molecule has 110 valence electrons. The van der Waals surface area contributed by atoms with Gasteiger partial charge in [-0.05, 0) is 37.9 Å². The Bertz CT molecular complexity index is 418. The molecule has 4 heteroatoms. The Morgan fingerprint density at radius 3 is 2.45 bits per heavy atom. The summed E-state index contributed by atoms with van der Waals surface area (Å²) >= 11 is 0. The van der Waals surface area contributed by atoms with Gasteiger partial charge >= 0.3 is 0 Å². The molecule has 0 aliphatic carbocycles. The predicted molar refractivity (Wildman–Crippen MR) is 77.2 cm³/mol. The van der Waals surface area contributed by atoms with Crippen LogP contribution in [0.3, 0.4) is 0 Å². The first kappa shape index (κ1) is 19.3. The number of hydrogen-bond acceptors (Lipinski definition) is 3. The maximum Gasteiger partial charge on any atom is 0.0870 e.